The molecule has 2 heterocycles. The maximum Gasteiger partial charge on any atom is 0.180 e. The summed E-state index contributed by atoms with van der Waals surface area (Å²) in [6, 6.07) is 14.5. The summed E-state index contributed by atoms with van der Waals surface area (Å²) in [6.07, 6.45) is 3.97. The van der Waals surface area contributed by atoms with Crippen LogP contribution in [0.3, 0.4) is 0 Å². The van der Waals surface area contributed by atoms with E-state index < -0.39 is 0 Å². The molecule has 0 amide bonds. The van der Waals surface area contributed by atoms with E-state index in [1.807, 2.05) is 18.2 Å². The number of benzene rings is 1. The molecule has 0 spiro atoms. The first-order valence-electron chi connectivity index (χ1n) is 7.61. The Morgan fingerprint density at radius 1 is 0.957 bits per heavy atom. The molecular weight excluding hydrogens is 291 g/mol. The zero-order chi connectivity index (χ0) is 15.6. The number of halogens is 1. The van der Waals surface area contributed by atoms with Crippen molar-refractivity contribution in [2.75, 3.05) is 5.32 Å². The first-order valence-corrected chi connectivity index (χ1v) is 7.61. The van der Waals surface area contributed by atoms with Crippen molar-refractivity contribution in [3.63, 3.8) is 0 Å². The maximum absolute atomic E-state index is 14.1. The lowest BCUT2D eigenvalue weighted by atomic mass is 10.1. The third kappa shape index (κ3) is 3.04. The fraction of sp³-hybridized carbons (Fsp3) is 0.167. The van der Waals surface area contributed by atoms with Crippen LogP contribution in [0.25, 0.3) is 22.8 Å². The Balaban J connectivity index is 1.83. The van der Waals surface area contributed by atoms with E-state index in [1.165, 1.54) is 6.07 Å². The second kappa shape index (κ2) is 5.76. The quantitative estimate of drug-likeness (QED) is 0.794. The van der Waals surface area contributed by atoms with Gasteiger partial charge >= 0.3 is 0 Å². The van der Waals surface area contributed by atoms with Gasteiger partial charge in [-0.3, -0.25) is 4.98 Å². The Morgan fingerprint density at radius 3 is 2.52 bits per heavy atom. The van der Waals surface area contributed by atoms with E-state index in [0.717, 1.165) is 12.8 Å². The largest absolute Gasteiger partial charge is 0.367 e. The van der Waals surface area contributed by atoms with Gasteiger partial charge in [-0.25, -0.2) is 14.4 Å². The lowest BCUT2D eigenvalue weighted by molar-refractivity contribution is 0.630. The van der Waals surface area contributed by atoms with Gasteiger partial charge in [0.05, 0.1) is 5.69 Å². The Morgan fingerprint density at radius 2 is 1.78 bits per heavy atom. The summed E-state index contributed by atoms with van der Waals surface area (Å²) in [4.78, 5) is 13.3. The van der Waals surface area contributed by atoms with Gasteiger partial charge in [-0.2, -0.15) is 0 Å². The van der Waals surface area contributed by atoms with E-state index in [-0.39, 0.29) is 5.82 Å². The Bertz CT molecular complexity index is 831. The van der Waals surface area contributed by atoms with Crippen LogP contribution in [0, 0.1) is 5.82 Å². The summed E-state index contributed by atoms with van der Waals surface area (Å²) < 4.78 is 14.1. The third-order valence-corrected chi connectivity index (χ3v) is 3.70. The second-order valence-electron chi connectivity index (χ2n) is 5.58. The molecule has 1 aliphatic rings. The number of nitrogens with one attached hydrogen (secondary N) is 1. The molecule has 0 atom stereocenters. The van der Waals surface area contributed by atoms with Gasteiger partial charge < -0.3 is 5.32 Å². The van der Waals surface area contributed by atoms with Gasteiger partial charge in [-0.1, -0.05) is 18.2 Å². The normalized spacial score (nSPS) is 13.8. The molecule has 3 aromatic rings. The number of hydrogen-bond donors (Lipinski definition) is 1. The van der Waals surface area contributed by atoms with Crippen LogP contribution in [0.15, 0.2) is 54.7 Å². The number of hydrogen-bond acceptors (Lipinski definition) is 4. The van der Waals surface area contributed by atoms with Crippen molar-refractivity contribution in [1.82, 2.24) is 15.0 Å². The van der Waals surface area contributed by atoms with Gasteiger partial charge in [-0.05, 0) is 37.1 Å². The molecule has 5 heteroatoms. The Hall–Kier alpha value is -2.82. The van der Waals surface area contributed by atoms with Crippen LogP contribution in [0.5, 0.6) is 0 Å². The fourth-order valence-electron chi connectivity index (χ4n) is 2.37. The molecule has 0 bridgehead atoms. The minimum absolute atomic E-state index is 0.296. The smallest absolute Gasteiger partial charge is 0.180 e. The molecule has 4 rings (SSSR count). The molecule has 1 N–H and O–H groups in total. The molecule has 4 nitrogen and oxygen atoms in total. The molecule has 0 saturated heterocycles. The van der Waals surface area contributed by atoms with Crippen molar-refractivity contribution in [3.05, 3.63) is 60.5 Å². The average Bonchev–Trinajstić information content (AvgIpc) is 3.40. The van der Waals surface area contributed by atoms with Crippen LogP contribution in [0.4, 0.5) is 10.2 Å². The first-order chi connectivity index (χ1) is 11.3. The summed E-state index contributed by atoms with van der Waals surface area (Å²) in [5, 5.41) is 3.35. The summed E-state index contributed by atoms with van der Waals surface area (Å²) in [6.45, 7) is 0. The number of rotatable bonds is 4. The fourth-order valence-corrected chi connectivity index (χ4v) is 2.37. The van der Waals surface area contributed by atoms with Crippen molar-refractivity contribution >= 4 is 5.82 Å². The van der Waals surface area contributed by atoms with Crippen LogP contribution in [-0.2, 0) is 0 Å². The zero-order valence-electron chi connectivity index (χ0n) is 12.4. The lowest BCUT2D eigenvalue weighted by Crippen LogP contribution is -2.06. The standard InChI is InChI=1S/C18H15FN4/c19-14-6-2-1-5-13(14)16-11-17(21-12-8-9-12)23-18(22-16)15-7-3-4-10-20-15/h1-7,10-12H,8-9H2,(H,21,22,23). The van der Waals surface area contributed by atoms with Crippen LogP contribution in [-0.4, -0.2) is 21.0 Å². The Kier molecular flexibility index (Phi) is 3.46. The third-order valence-electron chi connectivity index (χ3n) is 3.70. The molecule has 23 heavy (non-hydrogen) atoms. The zero-order valence-corrected chi connectivity index (χ0v) is 12.4. The highest BCUT2D eigenvalue weighted by Crippen LogP contribution is 2.29. The number of nitrogens with zero attached hydrogens (tertiary/aromatic N) is 3. The predicted octanol–water partition coefficient (Wildman–Crippen LogP) is 3.92. The van der Waals surface area contributed by atoms with Crippen LogP contribution in [0.1, 0.15) is 12.8 Å². The van der Waals surface area contributed by atoms with E-state index in [4.69, 9.17) is 0 Å². The molecule has 114 valence electrons. The van der Waals surface area contributed by atoms with Crippen molar-refractivity contribution < 1.29 is 4.39 Å². The van der Waals surface area contributed by atoms with Gasteiger partial charge in [0.15, 0.2) is 5.82 Å². The number of pyridine rings is 1. The summed E-state index contributed by atoms with van der Waals surface area (Å²) in [5.41, 5.74) is 1.69. The van der Waals surface area contributed by atoms with Gasteiger partial charge in [0, 0.05) is 23.9 Å². The summed E-state index contributed by atoms with van der Waals surface area (Å²) >= 11 is 0. The highest BCUT2D eigenvalue weighted by atomic mass is 19.1. The van der Waals surface area contributed by atoms with E-state index in [2.05, 4.69) is 20.3 Å². The van der Waals surface area contributed by atoms with Crippen LogP contribution in [0.2, 0.25) is 0 Å². The molecule has 0 aliphatic heterocycles. The minimum atomic E-state index is -0.296. The van der Waals surface area contributed by atoms with Gasteiger partial charge in [0.2, 0.25) is 0 Å². The lowest BCUT2D eigenvalue weighted by Gasteiger charge is -2.10. The SMILES string of the molecule is Fc1ccccc1-c1cc(NC2CC2)nc(-c2ccccn2)n1. The van der Waals surface area contributed by atoms with Crippen molar-refractivity contribution in [2.24, 2.45) is 0 Å². The molecule has 0 radical (unpaired) electrons. The van der Waals surface area contributed by atoms with E-state index in [1.54, 1.807) is 30.5 Å². The highest BCUT2D eigenvalue weighted by Gasteiger charge is 2.22. The van der Waals surface area contributed by atoms with Gasteiger partial charge in [0.25, 0.3) is 0 Å². The second-order valence-corrected chi connectivity index (χ2v) is 5.58. The van der Waals surface area contributed by atoms with Crippen LogP contribution < -0.4 is 5.32 Å². The summed E-state index contributed by atoms with van der Waals surface area (Å²) in [7, 11) is 0. The molecule has 1 aliphatic carbocycles. The predicted molar refractivity (Wildman–Crippen MR) is 87.3 cm³/mol. The monoisotopic (exact) mass is 306 g/mol. The van der Waals surface area contributed by atoms with E-state index in [0.29, 0.717) is 34.6 Å². The Labute approximate surface area is 133 Å². The molecule has 2 aromatic heterocycles. The molecular formula is C18H15FN4. The topological polar surface area (TPSA) is 50.7 Å². The van der Waals surface area contributed by atoms with Gasteiger partial charge in [0.1, 0.15) is 17.3 Å². The van der Waals surface area contributed by atoms with Crippen LogP contribution >= 0.6 is 0 Å². The number of aromatic nitrogens is 3. The molecule has 1 fully saturated rings. The highest BCUT2D eigenvalue weighted by molar-refractivity contribution is 5.67. The molecule has 0 unspecified atom stereocenters. The van der Waals surface area contributed by atoms with Crippen molar-refractivity contribution in [3.8, 4) is 22.8 Å². The summed E-state index contributed by atoms with van der Waals surface area (Å²) in [5.74, 6) is 0.909. The first kappa shape index (κ1) is 13.8. The van der Waals surface area contributed by atoms with E-state index >= 15 is 0 Å². The average molecular weight is 306 g/mol. The van der Waals surface area contributed by atoms with Crippen molar-refractivity contribution in [2.45, 2.75) is 18.9 Å². The maximum atomic E-state index is 14.1. The minimum Gasteiger partial charge on any atom is -0.367 e. The molecule has 1 aromatic carbocycles. The van der Waals surface area contributed by atoms with E-state index in [9.17, 15) is 4.39 Å². The number of anilines is 1. The van der Waals surface area contributed by atoms with Crippen molar-refractivity contribution in [1.29, 1.82) is 0 Å². The van der Waals surface area contributed by atoms with Gasteiger partial charge in [-0.15, -0.1) is 0 Å². The molecule has 1 saturated carbocycles.